The van der Waals surface area contributed by atoms with Gasteiger partial charge in [0, 0.05) is 18.2 Å². The van der Waals surface area contributed by atoms with Gasteiger partial charge in [0.2, 0.25) is 0 Å². The van der Waals surface area contributed by atoms with Crippen LogP contribution in [0.4, 0.5) is 0 Å². The summed E-state index contributed by atoms with van der Waals surface area (Å²) in [5.74, 6) is 1.68. The zero-order valence-corrected chi connectivity index (χ0v) is 13.1. The summed E-state index contributed by atoms with van der Waals surface area (Å²) >= 11 is 0. The third-order valence-corrected chi connectivity index (χ3v) is 3.39. The van der Waals surface area contributed by atoms with E-state index in [9.17, 15) is 0 Å². The molecule has 0 amide bonds. The molecular formula is C18H23NO2. The van der Waals surface area contributed by atoms with Crippen molar-refractivity contribution in [3.63, 3.8) is 0 Å². The largest absolute Gasteiger partial charge is 0.497 e. The fourth-order valence-corrected chi connectivity index (χ4v) is 2.16. The van der Waals surface area contributed by atoms with Crippen molar-refractivity contribution in [3.05, 3.63) is 48.0 Å². The van der Waals surface area contributed by atoms with Gasteiger partial charge in [0.1, 0.15) is 11.5 Å². The van der Waals surface area contributed by atoms with Crippen molar-refractivity contribution in [1.29, 1.82) is 0 Å². The van der Waals surface area contributed by atoms with E-state index in [0.717, 1.165) is 29.2 Å². The van der Waals surface area contributed by atoms with Crippen LogP contribution in [0.1, 0.15) is 19.4 Å². The number of ether oxygens (including phenoxy) is 2. The Hall–Kier alpha value is -2.00. The van der Waals surface area contributed by atoms with Gasteiger partial charge < -0.3 is 14.8 Å². The van der Waals surface area contributed by atoms with Crippen LogP contribution in [0.15, 0.2) is 42.5 Å². The van der Waals surface area contributed by atoms with E-state index in [1.165, 1.54) is 5.56 Å². The number of rotatable bonds is 6. The fraction of sp³-hybridized carbons (Fsp3) is 0.333. The summed E-state index contributed by atoms with van der Waals surface area (Å²) in [6.07, 6.45) is 0. The van der Waals surface area contributed by atoms with Gasteiger partial charge in [-0.3, -0.25) is 0 Å². The molecule has 0 saturated heterocycles. The molecule has 2 rings (SSSR count). The van der Waals surface area contributed by atoms with Crippen LogP contribution in [0, 0.1) is 0 Å². The monoisotopic (exact) mass is 285 g/mol. The van der Waals surface area contributed by atoms with Crippen LogP contribution < -0.4 is 14.8 Å². The second-order valence-corrected chi connectivity index (χ2v) is 5.30. The quantitative estimate of drug-likeness (QED) is 0.874. The molecule has 0 radical (unpaired) electrons. The van der Waals surface area contributed by atoms with Crippen LogP contribution in [0.5, 0.6) is 11.5 Å². The lowest BCUT2D eigenvalue weighted by Crippen LogP contribution is -2.21. The molecule has 1 N–H and O–H groups in total. The van der Waals surface area contributed by atoms with Gasteiger partial charge in [-0.25, -0.2) is 0 Å². The molecule has 0 unspecified atom stereocenters. The average Bonchev–Trinajstić information content (AvgIpc) is 2.52. The van der Waals surface area contributed by atoms with Crippen molar-refractivity contribution in [2.24, 2.45) is 0 Å². The molecule has 2 aromatic rings. The second-order valence-electron chi connectivity index (χ2n) is 5.30. The summed E-state index contributed by atoms with van der Waals surface area (Å²) in [7, 11) is 3.36. The predicted octanol–water partition coefficient (Wildman–Crippen LogP) is 3.87. The average molecular weight is 285 g/mol. The van der Waals surface area contributed by atoms with E-state index in [-0.39, 0.29) is 0 Å². The highest BCUT2D eigenvalue weighted by Crippen LogP contribution is 2.33. The minimum atomic E-state index is 0.489. The topological polar surface area (TPSA) is 30.5 Å². The lowest BCUT2D eigenvalue weighted by molar-refractivity contribution is 0.404. The number of nitrogens with one attached hydrogen (secondary N) is 1. The van der Waals surface area contributed by atoms with Crippen LogP contribution in [-0.4, -0.2) is 20.3 Å². The van der Waals surface area contributed by atoms with Crippen LogP contribution in [-0.2, 0) is 6.54 Å². The van der Waals surface area contributed by atoms with Crippen molar-refractivity contribution >= 4 is 0 Å². The molecule has 0 aliphatic carbocycles. The van der Waals surface area contributed by atoms with E-state index in [4.69, 9.17) is 9.47 Å². The van der Waals surface area contributed by atoms with E-state index in [2.05, 4.69) is 43.4 Å². The molecule has 0 aromatic heterocycles. The molecule has 0 aliphatic rings. The molecule has 0 saturated carbocycles. The number of hydrogen-bond acceptors (Lipinski definition) is 3. The Kier molecular flexibility index (Phi) is 5.23. The molecule has 0 atom stereocenters. The zero-order valence-electron chi connectivity index (χ0n) is 13.1. The second kappa shape index (κ2) is 7.14. The summed E-state index contributed by atoms with van der Waals surface area (Å²) in [5, 5.41) is 3.42. The van der Waals surface area contributed by atoms with E-state index in [1.54, 1.807) is 14.2 Å². The maximum atomic E-state index is 5.44. The minimum absolute atomic E-state index is 0.489. The van der Waals surface area contributed by atoms with Gasteiger partial charge in [0.05, 0.1) is 14.2 Å². The SMILES string of the molecule is COc1ccc(OC)c(-c2ccc(CNC(C)C)cc2)c1. The Bertz CT molecular complexity index is 576. The molecule has 0 spiro atoms. The van der Waals surface area contributed by atoms with Crippen molar-refractivity contribution < 1.29 is 9.47 Å². The first-order valence-corrected chi connectivity index (χ1v) is 7.18. The molecule has 112 valence electrons. The van der Waals surface area contributed by atoms with Gasteiger partial charge in [-0.05, 0) is 29.3 Å². The first kappa shape index (κ1) is 15.4. The van der Waals surface area contributed by atoms with Gasteiger partial charge in [-0.1, -0.05) is 38.1 Å². The normalized spacial score (nSPS) is 10.7. The summed E-state index contributed by atoms with van der Waals surface area (Å²) in [4.78, 5) is 0. The Labute approximate surface area is 126 Å². The summed E-state index contributed by atoms with van der Waals surface area (Å²) in [6, 6.07) is 14.9. The Morgan fingerprint density at radius 1 is 0.952 bits per heavy atom. The Morgan fingerprint density at radius 3 is 2.24 bits per heavy atom. The zero-order chi connectivity index (χ0) is 15.2. The first-order chi connectivity index (χ1) is 10.1. The van der Waals surface area contributed by atoms with E-state index >= 15 is 0 Å². The van der Waals surface area contributed by atoms with Crippen LogP contribution in [0.25, 0.3) is 11.1 Å². The predicted molar refractivity (Wildman–Crippen MR) is 87.0 cm³/mol. The van der Waals surface area contributed by atoms with Gasteiger partial charge in [0.25, 0.3) is 0 Å². The lowest BCUT2D eigenvalue weighted by atomic mass is 10.0. The highest BCUT2D eigenvalue weighted by molar-refractivity contribution is 5.72. The molecule has 0 fully saturated rings. The summed E-state index contributed by atoms with van der Waals surface area (Å²) in [6.45, 7) is 5.18. The van der Waals surface area contributed by atoms with E-state index in [0.29, 0.717) is 6.04 Å². The van der Waals surface area contributed by atoms with Crippen molar-refractivity contribution in [2.75, 3.05) is 14.2 Å². The van der Waals surface area contributed by atoms with Crippen LogP contribution in [0.3, 0.4) is 0 Å². The maximum absolute atomic E-state index is 5.44. The number of benzene rings is 2. The molecule has 2 aromatic carbocycles. The van der Waals surface area contributed by atoms with E-state index in [1.807, 2.05) is 18.2 Å². The lowest BCUT2D eigenvalue weighted by Gasteiger charge is -2.12. The van der Waals surface area contributed by atoms with Crippen LogP contribution >= 0.6 is 0 Å². The third-order valence-electron chi connectivity index (χ3n) is 3.39. The standard InChI is InChI=1S/C18H23NO2/c1-13(2)19-12-14-5-7-15(8-6-14)17-11-16(20-3)9-10-18(17)21-4/h5-11,13,19H,12H2,1-4H3. The summed E-state index contributed by atoms with van der Waals surface area (Å²) < 4.78 is 10.7. The van der Waals surface area contributed by atoms with Crippen molar-refractivity contribution in [2.45, 2.75) is 26.4 Å². The minimum Gasteiger partial charge on any atom is -0.497 e. The molecule has 0 bridgehead atoms. The molecule has 3 heteroatoms. The summed E-state index contributed by atoms with van der Waals surface area (Å²) in [5.41, 5.74) is 3.44. The number of hydrogen-bond donors (Lipinski definition) is 1. The Morgan fingerprint density at radius 2 is 1.67 bits per heavy atom. The highest BCUT2D eigenvalue weighted by Gasteiger charge is 2.07. The molecule has 3 nitrogen and oxygen atoms in total. The first-order valence-electron chi connectivity index (χ1n) is 7.18. The third kappa shape index (κ3) is 3.99. The van der Waals surface area contributed by atoms with Gasteiger partial charge in [0.15, 0.2) is 0 Å². The molecule has 0 heterocycles. The van der Waals surface area contributed by atoms with Gasteiger partial charge >= 0.3 is 0 Å². The van der Waals surface area contributed by atoms with E-state index < -0.39 is 0 Å². The Balaban J connectivity index is 2.25. The van der Waals surface area contributed by atoms with Gasteiger partial charge in [-0.15, -0.1) is 0 Å². The van der Waals surface area contributed by atoms with Crippen molar-refractivity contribution in [1.82, 2.24) is 5.32 Å². The van der Waals surface area contributed by atoms with Crippen LogP contribution in [0.2, 0.25) is 0 Å². The fourth-order valence-electron chi connectivity index (χ4n) is 2.16. The maximum Gasteiger partial charge on any atom is 0.126 e. The highest BCUT2D eigenvalue weighted by atomic mass is 16.5. The molecular weight excluding hydrogens is 262 g/mol. The smallest absolute Gasteiger partial charge is 0.126 e. The molecule has 21 heavy (non-hydrogen) atoms. The molecule has 0 aliphatic heterocycles. The van der Waals surface area contributed by atoms with Crippen molar-refractivity contribution in [3.8, 4) is 22.6 Å². The van der Waals surface area contributed by atoms with Gasteiger partial charge in [-0.2, -0.15) is 0 Å². The number of methoxy groups -OCH3 is 2.